The summed E-state index contributed by atoms with van der Waals surface area (Å²) in [6.07, 6.45) is 1.99. The summed E-state index contributed by atoms with van der Waals surface area (Å²) in [5.74, 6) is -1.44. The van der Waals surface area contributed by atoms with Crippen LogP contribution >= 0.6 is 0 Å². The van der Waals surface area contributed by atoms with Crippen LogP contribution in [0.1, 0.15) is 19.3 Å². The number of hydrogen-bond donors (Lipinski definition) is 2. The second-order valence-electron chi connectivity index (χ2n) is 6.69. The Hall–Kier alpha value is -2.04. The lowest BCUT2D eigenvalue weighted by atomic mass is 10.0. The quantitative estimate of drug-likeness (QED) is 0.637. The van der Waals surface area contributed by atoms with Crippen molar-refractivity contribution in [1.29, 1.82) is 0 Å². The number of hydrogen-bond acceptors (Lipinski definition) is 5. The van der Waals surface area contributed by atoms with Gasteiger partial charge < -0.3 is 16.0 Å². The van der Waals surface area contributed by atoms with Gasteiger partial charge in [-0.05, 0) is 37.9 Å². The molecule has 27 heavy (non-hydrogen) atoms. The lowest BCUT2D eigenvalue weighted by Crippen LogP contribution is -2.69. The molecule has 0 aromatic heterocycles. The van der Waals surface area contributed by atoms with Gasteiger partial charge in [0.15, 0.2) is 0 Å². The van der Waals surface area contributed by atoms with Crippen LogP contribution < -0.4 is 11.1 Å². The fraction of sp³-hybridized carbons (Fsp3) is 0.529. The van der Waals surface area contributed by atoms with Crippen molar-refractivity contribution in [2.75, 3.05) is 26.2 Å². The number of carbonyl (C=O) groups excluding carboxylic acids is 2. The van der Waals surface area contributed by atoms with Crippen molar-refractivity contribution < 1.29 is 22.4 Å². The summed E-state index contributed by atoms with van der Waals surface area (Å²) in [5, 5.41) is 2.68. The van der Waals surface area contributed by atoms with Crippen molar-refractivity contribution in [3.05, 3.63) is 30.1 Å². The molecule has 0 bridgehead atoms. The van der Waals surface area contributed by atoms with Crippen molar-refractivity contribution in [2.24, 2.45) is 5.73 Å². The predicted octanol–water partition coefficient (Wildman–Crippen LogP) is -0.345. The Labute approximate surface area is 157 Å². The summed E-state index contributed by atoms with van der Waals surface area (Å²) in [4.78, 5) is 26.1. The van der Waals surface area contributed by atoms with Crippen LogP contribution in [0.15, 0.2) is 29.2 Å². The van der Waals surface area contributed by atoms with E-state index in [0.717, 1.165) is 23.2 Å². The van der Waals surface area contributed by atoms with Crippen LogP contribution in [0, 0.1) is 5.82 Å². The molecule has 2 atom stereocenters. The molecule has 8 nitrogen and oxygen atoms in total. The lowest BCUT2D eigenvalue weighted by molar-refractivity contribution is -0.151. The lowest BCUT2D eigenvalue weighted by Gasteiger charge is -2.44. The van der Waals surface area contributed by atoms with Gasteiger partial charge in [0.2, 0.25) is 21.8 Å². The summed E-state index contributed by atoms with van der Waals surface area (Å²) in [7, 11) is -4.09. The molecule has 2 aliphatic rings. The van der Waals surface area contributed by atoms with Gasteiger partial charge >= 0.3 is 0 Å². The van der Waals surface area contributed by atoms with E-state index in [1.165, 1.54) is 23.1 Å². The fourth-order valence-electron chi connectivity index (χ4n) is 3.48. The zero-order valence-electron chi connectivity index (χ0n) is 14.8. The third-order valence-corrected chi connectivity index (χ3v) is 6.84. The van der Waals surface area contributed by atoms with Crippen LogP contribution in [-0.2, 0) is 19.6 Å². The Morgan fingerprint density at radius 3 is 2.63 bits per heavy atom. The molecule has 2 aliphatic heterocycles. The molecule has 3 N–H and O–H groups in total. The van der Waals surface area contributed by atoms with E-state index in [0.29, 0.717) is 13.0 Å². The molecule has 3 rings (SSSR count). The van der Waals surface area contributed by atoms with Crippen LogP contribution in [0.2, 0.25) is 0 Å². The number of nitrogens with one attached hydrogen (secondary N) is 1. The summed E-state index contributed by atoms with van der Waals surface area (Å²) in [5.41, 5.74) is 5.46. The van der Waals surface area contributed by atoms with E-state index in [2.05, 4.69) is 5.32 Å². The Morgan fingerprint density at radius 1 is 1.19 bits per heavy atom. The molecular weight excluding hydrogens is 375 g/mol. The van der Waals surface area contributed by atoms with Gasteiger partial charge in [-0.25, -0.2) is 12.8 Å². The van der Waals surface area contributed by atoms with Crippen LogP contribution in [0.25, 0.3) is 0 Å². The van der Waals surface area contributed by atoms with Gasteiger partial charge in [0.05, 0.1) is 0 Å². The maximum Gasteiger partial charge on any atom is 0.246 e. The van der Waals surface area contributed by atoms with Crippen molar-refractivity contribution in [1.82, 2.24) is 14.5 Å². The molecule has 0 radical (unpaired) electrons. The van der Waals surface area contributed by atoms with Gasteiger partial charge in [0.1, 0.15) is 22.8 Å². The Bertz CT molecular complexity index is 832. The van der Waals surface area contributed by atoms with Crippen molar-refractivity contribution in [3.63, 3.8) is 0 Å². The number of fused-ring (bicyclic) bond motifs is 1. The number of sulfonamides is 1. The first-order chi connectivity index (χ1) is 12.9. The summed E-state index contributed by atoms with van der Waals surface area (Å²) < 4.78 is 40.5. The fourth-order valence-corrected chi connectivity index (χ4v) is 4.98. The predicted molar refractivity (Wildman–Crippen MR) is 95.5 cm³/mol. The maximum absolute atomic E-state index is 14.0. The third-order valence-electron chi connectivity index (χ3n) is 4.94. The van der Waals surface area contributed by atoms with E-state index in [4.69, 9.17) is 5.73 Å². The molecule has 0 saturated carbocycles. The molecule has 1 aromatic rings. The first-order valence-corrected chi connectivity index (χ1v) is 10.4. The van der Waals surface area contributed by atoms with Crippen LogP contribution in [-0.4, -0.2) is 67.7 Å². The molecule has 2 heterocycles. The molecule has 2 saturated heterocycles. The average molecular weight is 398 g/mol. The standard InChI is InChI=1S/C17H23FN4O4S/c18-12-5-1-2-7-15(12)27(25,26)21-9-10-22-14(11-21)16(23)20-13(17(22)24)6-3-4-8-19/h1-2,5,7,13-14H,3-4,6,8-11,19H2,(H,20,23)/t13-,14+/m0/s1. The number of amides is 2. The van der Waals surface area contributed by atoms with Crippen molar-refractivity contribution in [3.8, 4) is 0 Å². The highest BCUT2D eigenvalue weighted by molar-refractivity contribution is 7.89. The molecule has 1 aromatic carbocycles. The molecule has 2 amide bonds. The molecule has 2 fully saturated rings. The molecular formula is C17H23FN4O4S. The van der Waals surface area contributed by atoms with Crippen LogP contribution in [0.5, 0.6) is 0 Å². The Morgan fingerprint density at radius 2 is 1.93 bits per heavy atom. The van der Waals surface area contributed by atoms with Gasteiger partial charge in [0.25, 0.3) is 0 Å². The number of halogens is 1. The zero-order valence-corrected chi connectivity index (χ0v) is 15.6. The topological polar surface area (TPSA) is 113 Å². The average Bonchev–Trinajstić information content (AvgIpc) is 2.65. The van der Waals surface area contributed by atoms with Crippen molar-refractivity contribution in [2.45, 2.75) is 36.2 Å². The van der Waals surface area contributed by atoms with Gasteiger partial charge in [-0.2, -0.15) is 4.31 Å². The number of piperazine rings is 2. The second-order valence-corrected chi connectivity index (χ2v) is 8.59. The largest absolute Gasteiger partial charge is 0.342 e. The van der Waals surface area contributed by atoms with Gasteiger partial charge in [-0.3, -0.25) is 9.59 Å². The van der Waals surface area contributed by atoms with Gasteiger partial charge in [-0.1, -0.05) is 12.1 Å². The van der Waals surface area contributed by atoms with Crippen LogP contribution in [0.4, 0.5) is 4.39 Å². The van der Waals surface area contributed by atoms with E-state index >= 15 is 0 Å². The SMILES string of the molecule is NCCCC[C@@H]1NC(=O)[C@H]2CN(S(=O)(=O)c3ccccc3F)CCN2C1=O. The minimum atomic E-state index is -4.09. The molecule has 10 heteroatoms. The zero-order chi connectivity index (χ0) is 19.6. The third kappa shape index (κ3) is 3.83. The number of carbonyl (C=O) groups is 2. The smallest absolute Gasteiger partial charge is 0.246 e. The minimum Gasteiger partial charge on any atom is -0.342 e. The molecule has 148 valence electrons. The van der Waals surface area contributed by atoms with E-state index in [1.807, 2.05) is 0 Å². The van der Waals surface area contributed by atoms with Gasteiger partial charge in [-0.15, -0.1) is 0 Å². The summed E-state index contributed by atoms with van der Waals surface area (Å²) in [6, 6.07) is 3.61. The summed E-state index contributed by atoms with van der Waals surface area (Å²) >= 11 is 0. The summed E-state index contributed by atoms with van der Waals surface area (Å²) in [6.45, 7) is 0.438. The number of nitrogens with two attached hydrogens (primary N) is 1. The van der Waals surface area contributed by atoms with E-state index in [1.54, 1.807) is 0 Å². The van der Waals surface area contributed by atoms with E-state index in [9.17, 15) is 22.4 Å². The Balaban J connectivity index is 1.75. The number of nitrogens with zero attached hydrogens (tertiary/aromatic N) is 2. The normalized spacial score (nSPS) is 23.9. The first kappa shape index (κ1) is 19.7. The first-order valence-electron chi connectivity index (χ1n) is 8.92. The molecule has 0 spiro atoms. The highest BCUT2D eigenvalue weighted by Gasteiger charge is 2.45. The number of benzene rings is 1. The van der Waals surface area contributed by atoms with Crippen molar-refractivity contribution >= 4 is 21.8 Å². The van der Waals surface area contributed by atoms with Gasteiger partial charge in [0, 0.05) is 19.6 Å². The highest BCUT2D eigenvalue weighted by Crippen LogP contribution is 2.25. The molecule has 0 aliphatic carbocycles. The molecule has 0 unspecified atom stereocenters. The number of rotatable bonds is 6. The maximum atomic E-state index is 14.0. The number of unbranched alkanes of at least 4 members (excludes halogenated alkanes) is 1. The second kappa shape index (κ2) is 7.91. The minimum absolute atomic E-state index is 0.0156. The van der Waals surface area contributed by atoms with E-state index in [-0.39, 0.29) is 31.4 Å². The monoisotopic (exact) mass is 398 g/mol. The van der Waals surface area contributed by atoms with Crippen LogP contribution in [0.3, 0.4) is 0 Å². The van der Waals surface area contributed by atoms with E-state index < -0.39 is 32.8 Å². The highest BCUT2D eigenvalue weighted by atomic mass is 32.2. The Kier molecular flexibility index (Phi) is 5.78.